The van der Waals surface area contributed by atoms with Crippen molar-refractivity contribution in [2.24, 2.45) is 0 Å². The van der Waals surface area contributed by atoms with Crippen molar-refractivity contribution in [3.8, 4) is 0 Å². The van der Waals surface area contributed by atoms with Crippen molar-refractivity contribution in [2.75, 3.05) is 6.61 Å². The van der Waals surface area contributed by atoms with Crippen LogP contribution in [-0.2, 0) is 5.60 Å². The van der Waals surface area contributed by atoms with Gasteiger partial charge in [0.15, 0.2) is 0 Å². The van der Waals surface area contributed by atoms with Gasteiger partial charge in [-0.2, -0.15) is 0 Å². The molecule has 0 aliphatic rings. The van der Waals surface area contributed by atoms with E-state index < -0.39 is 5.60 Å². The van der Waals surface area contributed by atoms with Crippen LogP contribution < -0.4 is 0 Å². The summed E-state index contributed by atoms with van der Waals surface area (Å²) in [5.74, 6) is 0. The van der Waals surface area contributed by atoms with Gasteiger partial charge in [0.25, 0.3) is 0 Å². The van der Waals surface area contributed by atoms with Crippen molar-refractivity contribution in [1.82, 2.24) is 0 Å². The molecule has 2 nitrogen and oxygen atoms in total. The Morgan fingerprint density at radius 1 is 1.23 bits per heavy atom. The largest absolute Gasteiger partial charge is 0.396 e. The molecule has 0 aliphatic heterocycles. The molecule has 13 heavy (non-hydrogen) atoms. The number of rotatable bonds is 4. The summed E-state index contributed by atoms with van der Waals surface area (Å²) in [6.07, 6.45) is 1.22. The molecule has 0 aliphatic carbocycles. The topological polar surface area (TPSA) is 40.5 Å². The Labute approximate surface area is 78.8 Å². The molecule has 0 unspecified atom stereocenters. The minimum atomic E-state index is -0.815. The second-order valence-corrected chi connectivity index (χ2v) is 3.47. The molecule has 0 radical (unpaired) electrons. The van der Waals surface area contributed by atoms with E-state index in [0.29, 0.717) is 12.8 Å². The van der Waals surface area contributed by atoms with Crippen LogP contribution in [0.5, 0.6) is 0 Å². The first-order valence-electron chi connectivity index (χ1n) is 4.55. The Bertz CT molecular complexity index is 242. The summed E-state index contributed by atoms with van der Waals surface area (Å²) in [6, 6.07) is 9.53. The van der Waals surface area contributed by atoms with Crippen LogP contribution >= 0.6 is 0 Å². The van der Waals surface area contributed by atoms with Gasteiger partial charge in [-0.05, 0) is 25.3 Å². The lowest BCUT2D eigenvalue weighted by Crippen LogP contribution is -2.21. The predicted octanol–water partition coefficient (Wildman–Crippen LogP) is 1.67. The van der Waals surface area contributed by atoms with Crippen LogP contribution in [0.2, 0.25) is 0 Å². The molecule has 0 heterocycles. The van der Waals surface area contributed by atoms with Gasteiger partial charge in [0.1, 0.15) is 0 Å². The normalized spacial score (nSPS) is 15.3. The van der Waals surface area contributed by atoms with Crippen LogP contribution in [0.4, 0.5) is 0 Å². The fourth-order valence-electron chi connectivity index (χ4n) is 1.36. The van der Waals surface area contributed by atoms with Crippen LogP contribution in [0, 0.1) is 0 Å². The van der Waals surface area contributed by atoms with Crippen molar-refractivity contribution >= 4 is 0 Å². The lowest BCUT2D eigenvalue weighted by Gasteiger charge is -2.23. The van der Waals surface area contributed by atoms with Crippen molar-refractivity contribution in [3.05, 3.63) is 35.9 Å². The lowest BCUT2D eigenvalue weighted by molar-refractivity contribution is 0.0403. The first kappa shape index (κ1) is 10.2. The van der Waals surface area contributed by atoms with Crippen LogP contribution in [-0.4, -0.2) is 16.8 Å². The summed E-state index contributed by atoms with van der Waals surface area (Å²) >= 11 is 0. The molecule has 1 atom stereocenters. The highest BCUT2D eigenvalue weighted by Gasteiger charge is 2.21. The first-order valence-corrected chi connectivity index (χ1v) is 4.55. The fourth-order valence-corrected chi connectivity index (χ4v) is 1.36. The number of aliphatic hydroxyl groups excluding tert-OH is 1. The summed E-state index contributed by atoms with van der Waals surface area (Å²) in [4.78, 5) is 0. The maximum atomic E-state index is 10.0. The zero-order valence-electron chi connectivity index (χ0n) is 7.90. The second-order valence-electron chi connectivity index (χ2n) is 3.47. The Hall–Kier alpha value is -0.860. The van der Waals surface area contributed by atoms with Crippen molar-refractivity contribution in [1.29, 1.82) is 0 Å². The van der Waals surface area contributed by atoms with Gasteiger partial charge in [-0.25, -0.2) is 0 Å². The molecule has 0 saturated heterocycles. The van der Waals surface area contributed by atoms with Gasteiger partial charge >= 0.3 is 0 Å². The molecular weight excluding hydrogens is 164 g/mol. The molecule has 1 rings (SSSR count). The molecule has 0 aromatic heterocycles. The van der Waals surface area contributed by atoms with E-state index in [2.05, 4.69) is 0 Å². The molecule has 0 bridgehead atoms. The van der Waals surface area contributed by atoms with Crippen LogP contribution in [0.1, 0.15) is 25.3 Å². The van der Waals surface area contributed by atoms with E-state index in [9.17, 15) is 5.11 Å². The molecule has 1 aromatic carbocycles. The van der Waals surface area contributed by atoms with Gasteiger partial charge in [-0.15, -0.1) is 0 Å². The van der Waals surface area contributed by atoms with Crippen molar-refractivity contribution in [2.45, 2.75) is 25.4 Å². The quantitative estimate of drug-likeness (QED) is 0.740. The number of benzene rings is 1. The second kappa shape index (κ2) is 4.40. The first-order chi connectivity index (χ1) is 6.17. The van der Waals surface area contributed by atoms with Gasteiger partial charge in [0, 0.05) is 6.61 Å². The smallest absolute Gasteiger partial charge is 0.0869 e. The van der Waals surface area contributed by atoms with Gasteiger partial charge in [0.2, 0.25) is 0 Å². The summed E-state index contributed by atoms with van der Waals surface area (Å²) in [7, 11) is 0. The highest BCUT2D eigenvalue weighted by Crippen LogP contribution is 2.24. The predicted molar refractivity (Wildman–Crippen MR) is 52.3 cm³/mol. The Morgan fingerprint density at radius 3 is 2.38 bits per heavy atom. The van der Waals surface area contributed by atoms with Crippen LogP contribution in [0.3, 0.4) is 0 Å². The standard InChI is InChI=1S/C11H16O2/c1-11(13,8-5-9-12)10-6-3-2-4-7-10/h2-4,6-7,12-13H,5,8-9H2,1H3/t11-/m1/s1. The van der Waals surface area contributed by atoms with Gasteiger partial charge in [-0.1, -0.05) is 30.3 Å². The highest BCUT2D eigenvalue weighted by molar-refractivity contribution is 5.21. The highest BCUT2D eigenvalue weighted by atomic mass is 16.3. The molecule has 72 valence electrons. The van der Waals surface area contributed by atoms with Gasteiger partial charge in [-0.3, -0.25) is 0 Å². The summed E-state index contributed by atoms with van der Waals surface area (Å²) in [5.41, 5.74) is 0.0905. The van der Waals surface area contributed by atoms with E-state index in [0.717, 1.165) is 5.56 Å². The third-order valence-electron chi connectivity index (χ3n) is 2.22. The SMILES string of the molecule is C[C@@](O)(CCCO)c1ccccc1. The molecule has 0 spiro atoms. The lowest BCUT2D eigenvalue weighted by atomic mass is 9.91. The van der Waals surface area contributed by atoms with Crippen LogP contribution in [0.25, 0.3) is 0 Å². The Morgan fingerprint density at radius 2 is 1.85 bits per heavy atom. The maximum absolute atomic E-state index is 10.0. The Kier molecular flexibility index (Phi) is 3.46. The van der Waals surface area contributed by atoms with E-state index in [1.165, 1.54) is 0 Å². The Balaban J connectivity index is 2.69. The van der Waals surface area contributed by atoms with E-state index in [1.54, 1.807) is 6.92 Å². The minimum absolute atomic E-state index is 0.128. The summed E-state index contributed by atoms with van der Waals surface area (Å²) in [5, 5.41) is 18.7. The summed E-state index contributed by atoms with van der Waals surface area (Å²) < 4.78 is 0. The maximum Gasteiger partial charge on any atom is 0.0869 e. The average Bonchev–Trinajstić information content (AvgIpc) is 2.16. The zero-order valence-corrected chi connectivity index (χ0v) is 7.90. The molecule has 1 aromatic rings. The van der Waals surface area contributed by atoms with Gasteiger partial charge in [0.05, 0.1) is 5.60 Å². The third-order valence-corrected chi connectivity index (χ3v) is 2.22. The molecule has 0 amide bonds. The number of hydrogen-bond acceptors (Lipinski definition) is 2. The number of hydrogen-bond donors (Lipinski definition) is 2. The molecule has 2 heteroatoms. The molecule has 0 saturated carbocycles. The molecular formula is C11H16O2. The van der Waals surface area contributed by atoms with E-state index in [4.69, 9.17) is 5.11 Å². The third kappa shape index (κ3) is 2.83. The van der Waals surface area contributed by atoms with Gasteiger partial charge < -0.3 is 10.2 Å². The summed E-state index contributed by atoms with van der Waals surface area (Å²) in [6.45, 7) is 1.90. The van der Waals surface area contributed by atoms with Crippen LogP contribution in [0.15, 0.2) is 30.3 Å². The van der Waals surface area contributed by atoms with Crippen molar-refractivity contribution in [3.63, 3.8) is 0 Å². The van der Waals surface area contributed by atoms with Crippen molar-refractivity contribution < 1.29 is 10.2 Å². The van der Waals surface area contributed by atoms with E-state index >= 15 is 0 Å². The monoisotopic (exact) mass is 180 g/mol. The molecule has 0 fully saturated rings. The minimum Gasteiger partial charge on any atom is -0.396 e. The fraction of sp³-hybridized carbons (Fsp3) is 0.455. The average molecular weight is 180 g/mol. The van der Waals surface area contributed by atoms with E-state index in [1.807, 2.05) is 30.3 Å². The molecule has 2 N–H and O–H groups in total. The number of aliphatic hydroxyl groups is 2. The van der Waals surface area contributed by atoms with E-state index in [-0.39, 0.29) is 6.61 Å². The zero-order chi connectivity index (χ0) is 9.73.